The molecule has 0 saturated carbocycles. The van der Waals surface area contributed by atoms with Gasteiger partial charge in [-0.15, -0.1) is 0 Å². The van der Waals surface area contributed by atoms with Crippen molar-refractivity contribution >= 4 is 23.8 Å². The molecule has 1 atom stereocenters. The summed E-state index contributed by atoms with van der Waals surface area (Å²) < 4.78 is 5.14. The van der Waals surface area contributed by atoms with E-state index < -0.39 is 0 Å². The molecule has 1 aromatic rings. The average molecular weight is 200 g/mol. The molecule has 1 fully saturated rings. The Morgan fingerprint density at radius 1 is 1.62 bits per heavy atom. The number of nitrogens with zero attached hydrogens (tertiary/aromatic N) is 3. The van der Waals surface area contributed by atoms with E-state index in [1.165, 1.54) is 0 Å². The van der Waals surface area contributed by atoms with Crippen LogP contribution in [0.2, 0.25) is 0 Å². The topological polar surface area (TPSA) is 68.2 Å². The molecule has 1 saturated heterocycles. The molecule has 0 spiro atoms. The van der Waals surface area contributed by atoms with E-state index in [1.807, 2.05) is 11.8 Å². The highest BCUT2D eigenvalue weighted by Crippen LogP contribution is 2.22. The first-order valence-corrected chi connectivity index (χ1v) is 5.26. The Morgan fingerprint density at radius 3 is 3.08 bits per heavy atom. The molecule has 1 aliphatic rings. The van der Waals surface area contributed by atoms with Gasteiger partial charge in [0.05, 0.1) is 0 Å². The predicted molar refractivity (Wildman–Crippen MR) is 52.8 cm³/mol. The van der Waals surface area contributed by atoms with Crippen LogP contribution in [0.3, 0.4) is 0 Å². The molecule has 6 heteroatoms. The van der Waals surface area contributed by atoms with E-state index >= 15 is 0 Å². The van der Waals surface area contributed by atoms with E-state index in [1.54, 1.807) is 0 Å². The molecule has 72 valence electrons. The van der Waals surface area contributed by atoms with Crippen molar-refractivity contribution in [3.05, 3.63) is 0 Å². The van der Waals surface area contributed by atoms with Gasteiger partial charge in [0.2, 0.25) is 0 Å². The van der Waals surface area contributed by atoms with Crippen LogP contribution in [0.1, 0.15) is 6.92 Å². The summed E-state index contributed by atoms with van der Waals surface area (Å²) in [6.07, 6.45) is 0. The van der Waals surface area contributed by atoms with E-state index in [2.05, 4.69) is 22.0 Å². The highest BCUT2D eigenvalue weighted by Gasteiger charge is 2.20. The summed E-state index contributed by atoms with van der Waals surface area (Å²) in [7, 11) is 0. The third-order valence-corrected chi connectivity index (χ3v) is 3.08. The number of thioether (sulfide) groups is 1. The SMILES string of the molecule is CC1CN(c2nnc(N)o2)CCS1. The summed E-state index contributed by atoms with van der Waals surface area (Å²) in [4.78, 5) is 2.07. The maximum Gasteiger partial charge on any atom is 0.319 e. The fraction of sp³-hybridized carbons (Fsp3) is 0.714. The standard InChI is InChI=1S/C7H12N4OS/c1-5-4-11(2-3-13-5)7-10-9-6(8)12-7/h5H,2-4H2,1H3,(H2,8,9). The number of aromatic nitrogens is 2. The lowest BCUT2D eigenvalue weighted by Crippen LogP contribution is -2.36. The lowest BCUT2D eigenvalue weighted by molar-refractivity contribution is 0.547. The molecular weight excluding hydrogens is 188 g/mol. The summed E-state index contributed by atoms with van der Waals surface area (Å²) >= 11 is 1.96. The zero-order valence-corrected chi connectivity index (χ0v) is 8.25. The van der Waals surface area contributed by atoms with Gasteiger partial charge in [-0.3, -0.25) is 0 Å². The predicted octanol–water partition coefficient (Wildman–Crippen LogP) is 0.593. The number of hydrogen-bond donors (Lipinski definition) is 1. The molecule has 2 rings (SSSR count). The Balaban J connectivity index is 2.08. The normalized spacial score (nSPS) is 23.5. The Bertz CT molecular complexity index is 290. The number of anilines is 2. The molecule has 2 heterocycles. The second-order valence-corrected chi connectivity index (χ2v) is 4.60. The van der Waals surface area contributed by atoms with E-state index in [0.29, 0.717) is 11.3 Å². The maximum absolute atomic E-state index is 5.35. The maximum atomic E-state index is 5.35. The van der Waals surface area contributed by atoms with Crippen molar-refractivity contribution in [1.29, 1.82) is 0 Å². The molecule has 0 radical (unpaired) electrons. The van der Waals surface area contributed by atoms with Crippen LogP contribution >= 0.6 is 11.8 Å². The molecular formula is C7H12N4OS. The molecule has 2 N–H and O–H groups in total. The second kappa shape index (κ2) is 3.45. The van der Waals surface area contributed by atoms with Gasteiger partial charge >= 0.3 is 12.0 Å². The Morgan fingerprint density at radius 2 is 2.46 bits per heavy atom. The summed E-state index contributed by atoms with van der Waals surface area (Å²) in [6.45, 7) is 4.10. The Kier molecular flexibility index (Phi) is 2.30. The van der Waals surface area contributed by atoms with Crippen LogP contribution in [0.15, 0.2) is 4.42 Å². The molecule has 13 heavy (non-hydrogen) atoms. The Hall–Kier alpha value is -0.910. The smallest absolute Gasteiger partial charge is 0.319 e. The largest absolute Gasteiger partial charge is 0.390 e. The van der Waals surface area contributed by atoms with Gasteiger partial charge in [0.25, 0.3) is 0 Å². The fourth-order valence-electron chi connectivity index (χ4n) is 1.35. The monoisotopic (exact) mass is 200 g/mol. The first-order valence-electron chi connectivity index (χ1n) is 4.21. The highest BCUT2D eigenvalue weighted by molar-refractivity contribution is 8.00. The zero-order chi connectivity index (χ0) is 9.26. The van der Waals surface area contributed by atoms with E-state index in [9.17, 15) is 0 Å². The fourth-order valence-corrected chi connectivity index (χ4v) is 2.36. The number of nitrogens with two attached hydrogens (primary N) is 1. The lowest BCUT2D eigenvalue weighted by atomic mass is 10.4. The number of hydrogen-bond acceptors (Lipinski definition) is 6. The van der Waals surface area contributed by atoms with Crippen LogP contribution in [-0.2, 0) is 0 Å². The van der Waals surface area contributed by atoms with Crippen molar-refractivity contribution in [3.8, 4) is 0 Å². The van der Waals surface area contributed by atoms with Crippen LogP contribution < -0.4 is 10.6 Å². The van der Waals surface area contributed by atoms with Crippen LogP contribution in [-0.4, -0.2) is 34.3 Å². The quantitative estimate of drug-likeness (QED) is 0.715. The summed E-state index contributed by atoms with van der Waals surface area (Å²) in [6, 6.07) is 0.686. The van der Waals surface area contributed by atoms with Gasteiger partial charge in [0.15, 0.2) is 0 Å². The highest BCUT2D eigenvalue weighted by atomic mass is 32.2. The molecule has 1 unspecified atom stereocenters. The van der Waals surface area contributed by atoms with Crippen LogP contribution in [0.4, 0.5) is 12.0 Å². The minimum absolute atomic E-state index is 0.140. The van der Waals surface area contributed by atoms with E-state index in [4.69, 9.17) is 10.2 Å². The van der Waals surface area contributed by atoms with Crippen molar-refractivity contribution in [2.24, 2.45) is 0 Å². The van der Waals surface area contributed by atoms with Gasteiger partial charge in [-0.2, -0.15) is 11.8 Å². The second-order valence-electron chi connectivity index (χ2n) is 3.05. The van der Waals surface area contributed by atoms with Crippen LogP contribution in [0, 0.1) is 0 Å². The molecule has 0 aromatic carbocycles. The minimum atomic E-state index is 0.140. The lowest BCUT2D eigenvalue weighted by Gasteiger charge is -2.28. The van der Waals surface area contributed by atoms with E-state index in [-0.39, 0.29) is 6.01 Å². The molecule has 5 nitrogen and oxygen atoms in total. The molecule has 0 bridgehead atoms. The first-order chi connectivity index (χ1) is 6.25. The van der Waals surface area contributed by atoms with Crippen molar-refractivity contribution < 1.29 is 4.42 Å². The third kappa shape index (κ3) is 1.88. The van der Waals surface area contributed by atoms with E-state index in [0.717, 1.165) is 18.8 Å². The number of nitrogen functional groups attached to an aromatic ring is 1. The average Bonchev–Trinajstić information content (AvgIpc) is 2.52. The van der Waals surface area contributed by atoms with Gasteiger partial charge in [0.1, 0.15) is 0 Å². The van der Waals surface area contributed by atoms with Gasteiger partial charge in [-0.25, -0.2) is 0 Å². The van der Waals surface area contributed by atoms with Crippen molar-refractivity contribution in [1.82, 2.24) is 10.2 Å². The van der Waals surface area contributed by atoms with Gasteiger partial charge in [-0.05, 0) is 0 Å². The van der Waals surface area contributed by atoms with Crippen molar-refractivity contribution in [2.45, 2.75) is 12.2 Å². The van der Waals surface area contributed by atoms with Gasteiger partial charge in [0, 0.05) is 24.1 Å². The molecule has 1 aliphatic heterocycles. The van der Waals surface area contributed by atoms with Crippen molar-refractivity contribution in [2.75, 3.05) is 29.5 Å². The Labute approximate surface area is 80.7 Å². The summed E-state index contributed by atoms with van der Waals surface area (Å²) in [5.41, 5.74) is 5.35. The first kappa shape index (κ1) is 8.68. The third-order valence-electron chi connectivity index (χ3n) is 1.94. The zero-order valence-electron chi connectivity index (χ0n) is 7.43. The number of rotatable bonds is 1. The molecule has 1 aromatic heterocycles. The molecule has 0 aliphatic carbocycles. The van der Waals surface area contributed by atoms with Gasteiger partial charge < -0.3 is 15.1 Å². The van der Waals surface area contributed by atoms with Crippen LogP contribution in [0.25, 0.3) is 0 Å². The summed E-state index contributed by atoms with van der Waals surface area (Å²) in [5.74, 6) is 1.10. The van der Waals surface area contributed by atoms with Crippen LogP contribution in [0.5, 0.6) is 0 Å². The molecule has 0 amide bonds. The summed E-state index contributed by atoms with van der Waals surface area (Å²) in [5, 5.41) is 8.09. The van der Waals surface area contributed by atoms with Crippen molar-refractivity contribution in [3.63, 3.8) is 0 Å². The van der Waals surface area contributed by atoms with Gasteiger partial charge in [-0.1, -0.05) is 17.1 Å². The minimum Gasteiger partial charge on any atom is -0.390 e.